The zero-order chi connectivity index (χ0) is 15.8. The number of halogens is 1. The van der Waals surface area contributed by atoms with Crippen LogP contribution in [0.4, 0.5) is 0 Å². The van der Waals surface area contributed by atoms with Crippen LogP contribution in [0.25, 0.3) is 0 Å². The van der Waals surface area contributed by atoms with Gasteiger partial charge in [-0.3, -0.25) is 4.79 Å². The van der Waals surface area contributed by atoms with E-state index in [9.17, 15) is 4.79 Å². The maximum absolute atomic E-state index is 10.6. The van der Waals surface area contributed by atoms with Gasteiger partial charge in [-0.15, -0.1) is 0 Å². The molecule has 0 aliphatic rings. The van der Waals surface area contributed by atoms with E-state index in [1.165, 1.54) is 0 Å². The first-order valence-corrected chi connectivity index (χ1v) is 7.08. The van der Waals surface area contributed by atoms with Gasteiger partial charge in [0.2, 0.25) is 5.91 Å². The van der Waals surface area contributed by atoms with Gasteiger partial charge in [0.05, 0.1) is 25.9 Å². The molecule has 0 bridgehead atoms. The van der Waals surface area contributed by atoms with Crippen LogP contribution >= 0.6 is 11.6 Å². The molecule has 4 N–H and O–H groups in total. The van der Waals surface area contributed by atoms with E-state index in [-0.39, 0.29) is 13.2 Å². The largest absolute Gasteiger partial charge is 0.490 e. The third-order valence-corrected chi connectivity index (χ3v) is 2.93. The molecule has 0 spiro atoms. The molecule has 1 rings (SSSR count). The Labute approximate surface area is 129 Å². The van der Waals surface area contributed by atoms with Crippen LogP contribution in [0.1, 0.15) is 25.5 Å². The lowest BCUT2D eigenvalue weighted by Gasteiger charge is -2.18. The van der Waals surface area contributed by atoms with Crippen LogP contribution in [0.3, 0.4) is 0 Å². The van der Waals surface area contributed by atoms with Crippen LogP contribution in [0.15, 0.2) is 12.1 Å². The molecular formula is C14H21ClN2O4. The molecule has 1 amide bonds. The standard InChI is InChI=1S/C14H21ClN2O4/c1-3-20-12-5-9(10(15)6-13(12)21-4-2)11(16)7-19-8-14(17)18/h5-6,11H,3-4,7-8,16H2,1-2H3,(H2,17,18). The monoisotopic (exact) mass is 316 g/mol. The lowest BCUT2D eigenvalue weighted by atomic mass is 10.1. The number of carbonyl (C=O) groups is 1. The van der Waals surface area contributed by atoms with E-state index in [1.807, 2.05) is 13.8 Å². The van der Waals surface area contributed by atoms with Gasteiger partial charge in [-0.25, -0.2) is 0 Å². The summed E-state index contributed by atoms with van der Waals surface area (Å²) in [6.07, 6.45) is 0. The summed E-state index contributed by atoms with van der Waals surface area (Å²) >= 11 is 6.21. The maximum atomic E-state index is 10.6. The van der Waals surface area contributed by atoms with Gasteiger partial charge in [-0.05, 0) is 25.5 Å². The van der Waals surface area contributed by atoms with Crippen LogP contribution < -0.4 is 20.9 Å². The van der Waals surface area contributed by atoms with Gasteiger partial charge in [0.25, 0.3) is 0 Å². The molecule has 1 unspecified atom stereocenters. The number of rotatable bonds is 9. The lowest BCUT2D eigenvalue weighted by Crippen LogP contribution is -2.23. The minimum Gasteiger partial charge on any atom is -0.490 e. The second kappa shape index (κ2) is 8.71. The smallest absolute Gasteiger partial charge is 0.243 e. The van der Waals surface area contributed by atoms with Gasteiger partial charge in [0.1, 0.15) is 6.61 Å². The summed E-state index contributed by atoms with van der Waals surface area (Å²) in [4.78, 5) is 10.6. The summed E-state index contributed by atoms with van der Waals surface area (Å²) in [6.45, 7) is 4.70. The number of hydrogen-bond acceptors (Lipinski definition) is 5. The summed E-state index contributed by atoms with van der Waals surface area (Å²) < 4.78 is 16.1. The van der Waals surface area contributed by atoms with Gasteiger partial charge >= 0.3 is 0 Å². The molecule has 1 atom stereocenters. The van der Waals surface area contributed by atoms with Crippen LogP contribution in [-0.2, 0) is 9.53 Å². The number of amides is 1. The SMILES string of the molecule is CCOc1cc(Cl)c(C(N)COCC(N)=O)cc1OCC. The van der Waals surface area contributed by atoms with Crippen LogP contribution in [-0.4, -0.2) is 32.3 Å². The van der Waals surface area contributed by atoms with Gasteiger partial charge in [-0.2, -0.15) is 0 Å². The van der Waals surface area contributed by atoms with Crippen molar-refractivity contribution in [3.8, 4) is 11.5 Å². The van der Waals surface area contributed by atoms with Crippen molar-refractivity contribution in [2.24, 2.45) is 11.5 Å². The Morgan fingerprint density at radius 2 is 1.81 bits per heavy atom. The molecule has 0 radical (unpaired) electrons. The van der Waals surface area contributed by atoms with E-state index in [2.05, 4.69) is 0 Å². The third kappa shape index (κ3) is 5.41. The minimum absolute atomic E-state index is 0.127. The normalized spacial score (nSPS) is 12.0. The summed E-state index contributed by atoms with van der Waals surface area (Å²) in [6, 6.07) is 2.90. The second-order valence-electron chi connectivity index (χ2n) is 4.27. The van der Waals surface area contributed by atoms with Crippen molar-refractivity contribution >= 4 is 17.5 Å². The summed E-state index contributed by atoms with van der Waals surface area (Å²) in [5.41, 5.74) is 11.7. The highest BCUT2D eigenvalue weighted by atomic mass is 35.5. The molecule has 7 heteroatoms. The molecule has 0 aliphatic carbocycles. The summed E-state index contributed by atoms with van der Waals surface area (Å²) in [5.74, 6) is 0.595. The zero-order valence-corrected chi connectivity index (χ0v) is 13.0. The van der Waals surface area contributed by atoms with Crippen molar-refractivity contribution in [2.45, 2.75) is 19.9 Å². The number of ether oxygens (including phenoxy) is 3. The Kier molecular flexibility index (Phi) is 7.28. The molecular weight excluding hydrogens is 296 g/mol. The molecule has 0 fully saturated rings. The first-order valence-electron chi connectivity index (χ1n) is 6.70. The molecule has 1 aromatic rings. The number of nitrogens with two attached hydrogens (primary N) is 2. The Hall–Kier alpha value is -1.50. The fourth-order valence-electron chi connectivity index (χ4n) is 1.75. The molecule has 21 heavy (non-hydrogen) atoms. The van der Waals surface area contributed by atoms with Gasteiger partial charge in [-0.1, -0.05) is 11.6 Å². The number of benzene rings is 1. The Morgan fingerprint density at radius 3 is 2.33 bits per heavy atom. The number of carbonyl (C=O) groups excluding carboxylic acids is 1. The van der Waals surface area contributed by atoms with Crippen LogP contribution in [0.2, 0.25) is 5.02 Å². The lowest BCUT2D eigenvalue weighted by molar-refractivity contribution is -0.122. The van der Waals surface area contributed by atoms with Crippen molar-refractivity contribution in [2.75, 3.05) is 26.4 Å². The molecule has 0 aliphatic heterocycles. The average molecular weight is 317 g/mol. The Bertz CT molecular complexity index is 482. The Morgan fingerprint density at radius 1 is 1.24 bits per heavy atom. The molecule has 0 aromatic heterocycles. The average Bonchev–Trinajstić information content (AvgIpc) is 2.41. The number of primary amides is 1. The van der Waals surface area contributed by atoms with E-state index in [4.69, 9.17) is 37.3 Å². The van der Waals surface area contributed by atoms with Crippen molar-refractivity contribution in [1.29, 1.82) is 0 Å². The van der Waals surface area contributed by atoms with E-state index in [0.29, 0.717) is 35.3 Å². The van der Waals surface area contributed by atoms with Crippen molar-refractivity contribution in [3.63, 3.8) is 0 Å². The van der Waals surface area contributed by atoms with E-state index < -0.39 is 11.9 Å². The highest BCUT2D eigenvalue weighted by Crippen LogP contribution is 2.35. The predicted octanol–water partition coefficient (Wildman–Crippen LogP) is 1.64. The van der Waals surface area contributed by atoms with Crippen molar-refractivity contribution in [1.82, 2.24) is 0 Å². The van der Waals surface area contributed by atoms with Crippen LogP contribution in [0, 0.1) is 0 Å². The number of hydrogen-bond donors (Lipinski definition) is 2. The van der Waals surface area contributed by atoms with Gasteiger partial charge in [0, 0.05) is 11.1 Å². The topological polar surface area (TPSA) is 96.8 Å². The fraction of sp³-hybridized carbons (Fsp3) is 0.500. The summed E-state index contributed by atoms with van der Waals surface area (Å²) in [5, 5.41) is 0.456. The zero-order valence-electron chi connectivity index (χ0n) is 12.2. The fourth-order valence-corrected chi connectivity index (χ4v) is 2.04. The first-order chi connectivity index (χ1) is 9.99. The molecule has 6 nitrogen and oxygen atoms in total. The van der Waals surface area contributed by atoms with Crippen molar-refractivity contribution in [3.05, 3.63) is 22.7 Å². The minimum atomic E-state index is -0.546. The first kappa shape index (κ1) is 17.6. The van der Waals surface area contributed by atoms with E-state index in [1.54, 1.807) is 12.1 Å². The molecule has 0 heterocycles. The van der Waals surface area contributed by atoms with Crippen LogP contribution in [0.5, 0.6) is 11.5 Å². The second-order valence-corrected chi connectivity index (χ2v) is 4.68. The maximum Gasteiger partial charge on any atom is 0.243 e. The highest BCUT2D eigenvalue weighted by molar-refractivity contribution is 6.31. The Balaban J connectivity index is 2.90. The highest BCUT2D eigenvalue weighted by Gasteiger charge is 2.16. The van der Waals surface area contributed by atoms with Crippen molar-refractivity contribution < 1.29 is 19.0 Å². The quantitative estimate of drug-likeness (QED) is 0.722. The molecule has 0 saturated heterocycles. The van der Waals surface area contributed by atoms with E-state index >= 15 is 0 Å². The molecule has 1 aromatic carbocycles. The van der Waals surface area contributed by atoms with Gasteiger partial charge in [0.15, 0.2) is 11.5 Å². The molecule has 0 saturated carbocycles. The molecule has 118 valence electrons. The third-order valence-electron chi connectivity index (χ3n) is 2.60. The summed E-state index contributed by atoms with van der Waals surface area (Å²) in [7, 11) is 0. The van der Waals surface area contributed by atoms with Gasteiger partial charge < -0.3 is 25.7 Å². The van der Waals surface area contributed by atoms with E-state index in [0.717, 1.165) is 0 Å². The predicted molar refractivity (Wildman–Crippen MR) is 80.7 cm³/mol.